The minimum Gasteiger partial charge on any atom is -0.333 e. The first-order valence-electron chi connectivity index (χ1n) is 8.53. The Hall–Kier alpha value is -3.42. The first kappa shape index (κ1) is 18.4. The maximum atomic E-state index is 12.3. The molecule has 2 aromatic carbocycles. The highest BCUT2D eigenvalue weighted by atomic mass is 16.6. The van der Waals surface area contributed by atoms with Crippen molar-refractivity contribution in [3.05, 3.63) is 63.7 Å². The van der Waals surface area contributed by atoms with E-state index in [1.54, 1.807) is 17.9 Å². The minimum absolute atomic E-state index is 0.0596. The van der Waals surface area contributed by atoms with Crippen molar-refractivity contribution >= 4 is 29.0 Å². The Morgan fingerprint density at radius 1 is 1.19 bits per heavy atom. The number of urea groups is 1. The smallest absolute Gasteiger partial charge is 0.319 e. The lowest BCUT2D eigenvalue weighted by molar-refractivity contribution is -0.384. The molecule has 0 aliphatic carbocycles. The Kier molecular flexibility index (Phi) is 5.07. The van der Waals surface area contributed by atoms with Crippen molar-refractivity contribution in [1.82, 2.24) is 5.32 Å². The number of nitro benzene ring substituents is 1. The molecule has 8 heteroatoms. The molecule has 27 heavy (non-hydrogen) atoms. The van der Waals surface area contributed by atoms with Gasteiger partial charge in [0, 0.05) is 30.8 Å². The van der Waals surface area contributed by atoms with Gasteiger partial charge in [-0.3, -0.25) is 14.9 Å². The van der Waals surface area contributed by atoms with Gasteiger partial charge in [-0.15, -0.1) is 0 Å². The topological polar surface area (TPSA) is 105 Å². The molecule has 1 atom stereocenters. The molecule has 2 N–H and O–H groups in total. The summed E-state index contributed by atoms with van der Waals surface area (Å²) in [6.07, 6.45) is 0.204. The lowest BCUT2D eigenvalue weighted by Gasteiger charge is -2.18. The molecule has 1 fully saturated rings. The van der Waals surface area contributed by atoms with Crippen LogP contribution in [0.1, 0.15) is 17.5 Å². The zero-order chi connectivity index (χ0) is 19.6. The van der Waals surface area contributed by atoms with Crippen LogP contribution >= 0.6 is 0 Å². The zero-order valence-corrected chi connectivity index (χ0v) is 15.1. The van der Waals surface area contributed by atoms with Crippen LogP contribution in [0.3, 0.4) is 0 Å². The molecule has 1 heterocycles. The molecule has 1 unspecified atom stereocenters. The van der Waals surface area contributed by atoms with Gasteiger partial charge in [0.05, 0.1) is 16.7 Å². The Morgan fingerprint density at radius 3 is 2.56 bits per heavy atom. The number of aryl methyl sites for hydroxylation is 2. The molecule has 140 valence electrons. The average Bonchev–Trinajstić information content (AvgIpc) is 2.97. The van der Waals surface area contributed by atoms with Gasteiger partial charge in [0.15, 0.2) is 0 Å². The van der Waals surface area contributed by atoms with Crippen LogP contribution in [0.2, 0.25) is 0 Å². The molecule has 1 saturated heterocycles. The monoisotopic (exact) mass is 368 g/mol. The van der Waals surface area contributed by atoms with E-state index >= 15 is 0 Å². The number of nitrogens with one attached hydrogen (secondary N) is 2. The van der Waals surface area contributed by atoms with E-state index in [1.165, 1.54) is 12.1 Å². The predicted molar refractivity (Wildman–Crippen MR) is 102 cm³/mol. The summed E-state index contributed by atoms with van der Waals surface area (Å²) in [7, 11) is 0. The number of nitrogens with zero attached hydrogens (tertiary/aromatic N) is 2. The number of benzene rings is 2. The van der Waals surface area contributed by atoms with Crippen molar-refractivity contribution < 1.29 is 14.5 Å². The van der Waals surface area contributed by atoms with E-state index in [9.17, 15) is 19.7 Å². The van der Waals surface area contributed by atoms with Gasteiger partial charge in [-0.1, -0.05) is 23.8 Å². The van der Waals surface area contributed by atoms with Gasteiger partial charge in [-0.2, -0.15) is 0 Å². The number of carbonyl (C=O) groups is 2. The van der Waals surface area contributed by atoms with Gasteiger partial charge in [0.25, 0.3) is 5.69 Å². The van der Waals surface area contributed by atoms with Gasteiger partial charge < -0.3 is 15.5 Å². The van der Waals surface area contributed by atoms with Crippen LogP contribution in [0, 0.1) is 24.0 Å². The van der Waals surface area contributed by atoms with Crippen molar-refractivity contribution in [2.24, 2.45) is 0 Å². The number of nitro groups is 1. The highest BCUT2D eigenvalue weighted by Crippen LogP contribution is 2.23. The predicted octanol–water partition coefficient (Wildman–Crippen LogP) is 3.14. The van der Waals surface area contributed by atoms with Crippen molar-refractivity contribution in [2.45, 2.75) is 26.3 Å². The number of hydrogen-bond donors (Lipinski definition) is 2. The molecule has 1 aliphatic rings. The number of anilines is 2. The second-order valence-electron chi connectivity index (χ2n) is 6.60. The third-order valence-corrected chi connectivity index (χ3v) is 4.49. The highest BCUT2D eigenvalue weighted by molar-refractivity contribution is 5.97. The van der Waals surface area contributed by atoms with E-state index in [0.717, 1.165) is 11.3 Å². The Bertz CT molecular complexity index is 895. The third-order valence-electron chi connectivity index (χ3n) is 4.49. The van der Waals surface area contributed by atoms with Crippen molar-refractivity contribution in [1.29, 1.82) is 0 Å². The fourth-order valence-corrected chi connectivity index (χ4v) is 2.98. The summed E-state index contributed by atoms with van der Waals surface area (Å²) in [4.78, 5) is 36.6. The van der Waals surface area contributed by atoms with Crippen LogP contribution in [0.4, 0.5) is 21.9 Å². The first-order chi connectivity index (χ1) is 12.8. The molecule has 0 aromatic heterocycles. The van der Waals surface area contributed by atoms with E-state index in [1.807, 2.05) is 31.2 Å². The van der Waals surface area contributed by atoms with E-state index in [2.05, 4.69) is 10.6 Å². The van der Waals surface area contributed by atoms with Crippen molar-refractivity contribution in [2.75, 3.05) is 16.8 Å². The second kappa shape index (κ2) is 7.45. The van der Waals surface area contributed by atoms with E-state index in [4.69, 9.17) is 0 Å². The summed E-state index contributed by atoms with van der Waals surface area (Å²) in [5.41, 5.74) is 2.87. The van der Waals surface area contributed by atoms with Crippen LogP contribution in [0.15, 0.2) is 42.5 Å². The van der Waals surface area contributed by atoms with E-state index in [0.29, 0.717) is 17.8 Å². The highest BCUT2D eigenvalue weighted by Gasteiger charge is 2.31. The van der Waals surface area contributed by atoms with E-state index in [-0.39, 0.29) is 24.1 Å². The van der Waals surface area contributed by atoms with Crippen LogP contribution in [-0.2, 0) is 4.79 Å². The SMILES string of the molecule is Cc1ccc(N2CC(NC(=O)Nc3cc([N+](=O)[O-])ccc3C)CC2=O)cc1. The second-order valence-corrected chi connectivity index (χ2v) is 6.60. The quantitative estimate of drug-likeness (QED) is 0.639. The Labute approximate surface area is 156 Å². The Balaban J connectivity index is 1.63. The summed E-state index contributed by atoms with van der Waals surface area (Å²) >= 11 is 0. The molecule has 2 aromatic rings. The molecule has 3 rings (SSSR count). The fraction of sp³-hybridized carbons (Fsp3) is 0.263. The lowest BCUT2D eigenvalue weighted by Crippen LogP contribution is -2.39. The molecule has 0 bridgehead atoms. The lowest BCUT2D eigenvalue weighted by atomic mass is 10.2. The molecular formula is C19H20N4O4. The fourth-order valence-electron chi connectivity index (χ4n) is 2.98. The number of non-ortho nitro benzene ring substituents is 1. The Morgan fingerprint density at radius 2 is 1.89 bits per heavy atom. The van der Waals surface area contributed by atoms with Gasteiger partial charge in [0.2, 0.25) is 5.91 Å². The molecule has 1 aliphatic heterocycles. The van der Waals surface area contributed by atoms with Gasteiger partial charge in [0.1, 0.15) is 0 Å². The summed E-state index contributed by atoms with van der Waals surface area (Å²) < 4.78 is 0. The average molecular weight is 368 g/mol. The molecular weight excluding hydrogens is 348 g/mol. The zero-order valence-electron chi connectivity index (χ0n) is 15.1. The van der Waals surface area contributed by atoms with Gasteiger partial charge >= 0.3 is 6.03 Å². The van der Waals surface area contributed by atoms with Crippen molar-refractivity contribution in [3.63, 3.8) is 0 Å². The third kappa shape index (κ3) is 4.22. The van der Waals surface area contributed by atoms with Gasteiger partial charge in [-0.05, 0) is 31.5 Å². The van der Waals surface area contributed by atoms with Crippen LogP contribution < -0.4 is 15.5 Å². The van der Waals surface area contributed by atoms with E-state index < -0.39 is 11.0 Å². The summed E-state index contributed by atoms with van der Waals surface area (Å²) in [5.74, 6) is -0.0596. The summed E-state index contributed by atoms with van der Waals surface area (Å²) in [6, 6.07) is 11.1. The van der Waals surface area contributed by atoms with Crippen LogP contribution in [0.25, 0.3) is 0 Å². The summed E-state index contributed by atoms with van der Waals surface area (Å²) in [6.45, 7) is 4.10. The first-order valence-corrected chi connectivity index (χ1v) is 8.53. The van der Waals surface area contributed by atoms with Crippen LogP contribution in [-0.4, -0.2) is 29.4 Å². The molecule has 0 radical (unpaired) electrons. The number of rotatable bonds is 4. The largest absolute Gasteiger partial charge is 0.333 e. The molecule has 0 spiro atoms. The standard InChI is InChI=1S/C19H20N4O4/c1-12-3-6-15(7-4-12)22-11-14(9-18(22)24)20-19(25)21-17-10-16(23(26)27)8-5-13(17)2/h3-8,10,14H,9,11H2,1-2H3,(H2,20,21,25). The maximum Gasteiger partial charge on any atom is 0.319 e. The van der Waals surface area contributed by atoms with Crippen molar-refractivity contribution in [3.8, 4) is 0 Å². The van der Waals surface area contributed by atoms with Crippen LogP contribution in [0.5, 0.6) is 0 Å². The normalized spacial score (nSPS) is 16.3. The summed E-state index contributed by atoms with van der Waals surface area (Å²) in [5, 5.41) is 16.3. The molecule has 3 amide bonds. The molecule has 0 saturated carbocycles. The minimum atomic E-state index is -0.516. The molecule has 8 nitrogen and oxygen atoms in total. The number of carbonyl (C=O) groups excluding carboxylic acids is 2. The number of amides is 3. The maximum absolute atomic E-state index is 12.3. The number of hydrogen-bond acceptors (Lipinski definition) is 4. The van der Waals surface area contributed by atoms with Gasteiger partial charge in [-0.25, -0.2) is 4.79 Å².